The van der Waals surface area contributed by atoms with Crippen LogP contribution in [0.4, 0.5) is 5.13 Å². The summed E-state index contributed by atoms with van der Waals surface area (Å²) in [7, 11) is 0. The highest BCUT2D eigenvalue weighted by Crippen LogP contribution is 2.25. The molecule has 0 bridgehead atoms. The largest absolute Gasteiger partial charge is 0.393 e. The first-order valence-corrected chi connectivity index (χ1v) is 7.85. The second kappa shape index (κ2) is 6.01. The van der Waals surface area contributed by atoms with E-state index in [9.17, 15) is 5.11 Å². The van der Waals surface area contributed by atoms with Crippen molar-refractivity contribution in [3.63, 3.8) is 0 Å². The SMILES string of the molecule is CC(O)CCNc1nn2cc(-c3ccc(Cl)cc3)nc2s1. The van der Waals surface area contributed by atoms with Crippen LogP contribution >= 0.6 is 22.9 Å². The minimum Gasteiger partial charge on any atom is -0.393 e. The van der Waals surface area contributed by atoms with Crippen molar-refractivity contribution < 1.29 is 5.11 Å². The zero-order chi connectivity index (χ0) is 14.8. The number of aliphatic hydroxyl groups excluding tert-OH is 1. The van der Waals surface area contributed by atoms with E-state index in [0.29, 0.717) is 18.0 Å². The van der Waals surface area contributed by atoms with Crippen LogP contribution < -0.4 is 5.32 Å². The van der Waals surface area contributed by atoms with Gasteiger partial charge in [0.2, 0.25) is 10.1 Å². The molecule has 0 saturated carbocycles. The fourth-order valence-corrected chi connectivity index (χ4v) is 2.85. The predicted molar refractivity (Wildman–Crippen MR) is 86.1 cm³/mol. The predicted octanol–water partition coefficient (Wildman–Crippen LogP) is 3.29. The number of benzene rings is 1. The van der Waals surface area contributed by atoms with Crippen molar-refractivity contribution in [1.29, 1.82) is 0 Å². The topological polar surface area (TPSA) is 62.5 Å². The molecule has 0 radical (unpaired) electrons. The zero-order valence-electron chi connectivity index (χ0n) is 11.5. The van der Waals surface area contributed by atoms with Crippen LogP contribution in [0.15, 0.2) is 30.5 Å². The van der Waals surface area contributed by atoms with Gasteiger partial charge in [-0.3, -0.25) is 0 Å². The molecule has 5 nitrogen and oxygen atoms in total. The van der Waals surface area contributed by atoms with E-state index in [2.05, 4.69) is 15.4 Å². The van der Waals surface area contributed by atoms with E-state index in [1.807, 2.05) is 30.5 Å². The molecule has 1 atom stereocenters. The number of nitrogens with one attached hydrogen (secondary N) is 1. The Hall–Kier alpha value is -1.63. The summed E-state index contributed by atoms with van der Waals surface area (Å²) in [6.45, 7) is 2.47. The molecular weight excluding hydrogens is 308 g/mol. The molecule has 21 heavy (non-hydrogen) atoms. The number of hydrogen-bond donors (Lipinski definition) is 2. The van der Waals surface area contributed by atoms with Gasteiger partial charge in [0.1, 0.15) is 0 Å². The Bertz CT molecular complexity index is 704. The highest BCUT2D eigenvalue weighted by Gasteiger charge is 2.09. The van der Waals surface area contributed by atoms with Gasteiger partial charge in [0.15, 0.2) is 0 Å². The van der Waals surface area contributed by atoms with Gasteiger partial charge < -0.3 is 10.4 Å². The first-order chi connectivity index (χ1) is 10.1. The average Bonchev–Trinajstić information content (AvgIpc) is 2.97. The number of aromatic nitrogens is 3. The average molecular weight is 323 g/mol. The van der Waals surface area contributed by atoms with E-state index in [4.69, 9.17) is 11.6 Å². The fourth-order valence-electron chi connectivity index (χ4n) is 1.92. The quantitative estimate of drug-likeness (QED) is 0.756. The highest BCUT2D eigenvalue weighted by molar-refractivity contribution is 7.20. The van der Waals surface area contributed by atoms with Gasteiger partial charge in [-0.25, -0.2) is 9.50 Å². The molecule has 0 aliphatic carbocycles. The molecular formula is C14H15ClN4OS. The van der Waals surface area contributed by atoms with Gasteiger partial charge in [0.25, 0.3) is 0 Å². The summed E-state index contributed by atoms with van der Waals surface area (Å²) in [5.74, 6) is 0. The molecule has 7 heteroatoms. The Morgan fingerprint density at radius 3 is 2.81 bits per heavy atom. The minimum absolute atomic E-state index is 0.307. The third-order valence-electron chi connectivity index (χ3n) is 3.02. The summed E-state index contributed by atoms with van der Waals surface area (Å²) in [4.78, 5) is 5.40. The van der Waals surface area contributed by atoms with E-state index >= 15 is 0 Å². The van der Waals surface area contributed by atoms with E-state index < -0.39 is 0 Å². The monoisotopic (exact) mass is 322 g/mol. The Balaban J connectivity index is 1.76. The van der Waals surface area contributed by atoms with Crippen molar-refractivity contribution in [2.24, 2.45) is 0 Å². The minimum atomic E-state index is -0.307. The molecule has 0 saturated heterocycles. The first kappa shape index (κ1) is 14.3. The molecule has 3 rings (SSSR count). The third kappa shape index (κ3) is 3.34. The maximum atomic E-state index is 9.23. The van der Waals surface area contributed by atoms with Crippen LogP contribution in [-0.4, -0.2) is 32.4 Å². The lowest BCUT2D eigenvalue weighted by molar-refractivity contribution is 0.188. The molecule has 0 aliphatic rings. The molecule has 110 valence electrons. The van der Waals surface area contributed by atoms with Crippen LogP contribution in [0.1, 0.15) is 13.3 Å². The van der Waals surface area contributed by atoms with Crippen molar-refractivity contribution in [3.05, 3.63) is 35.5 Å². The van der Waals surface area contributed by atoms with Gasteiger partial charge in [-0.15, -0.1) is 5.10 Å². The molecule has 2 N–H and O–H groups in total. The van der Waals surface area contributed by atoms with Gasteiger partial charge in [0, 0.05) is 17.1 Å². The number of imidazole rings is 1. The van der Waals surface area contributed by atoms with Gasteiger partial charge in [-0.05, 0) is 25.5 Å². The molecule has 2 aromatic heterocycles. The fraction of sp³-hybridized carbons (Fsp3) is 0.286. The summed E-state index contributed by atoms with van der Waals surface area (Å²) < 4.78 is 1.76. The lowest BCUT2D eigenvalue weighted by atomic mass is 10.2. The normalized spacial score (nSPS) is 12.7. The smallest absolute Gasteiger partial charge is 0.214 e. The van der Waals surface area contributed by atoms with Gasteiger partial charge in [-0.2, -0.15) is 0 Å². The number of aliphatic hydroxyl groups is 1. The number of nitrogens with zero attached hydrogens (tertiary/aromatic N) is 3. The first-order valence-electron chi connectivity index (χ1n) is 6.66. The zero-order valence-corrected chi connectivity index (χ0v) is 13.0. The Kier molecular flexibility index (Phi) is 4.10. The summed E-state index contributed by atoms with van der Waals surface area (Å²) in [6, 6.07) is 7.58. The molecule has 0 spiro atoms. The third-order valence-corrected chi connectivity index (χ3v) is 4.15. The number of fused-ring (bicyclic) bond motifs is 1. The number of hydrogen-bond acceptors (Lipinski definition) is 5. The summed E-state index contributed by atoms with van der Waals surface area (Å²) in [5.41, 5.74) is 1.89. The van der Waals surface area contributed by atoms with Crippen molar-refractivity contribution in [3.8, 4) is 11.3 Å². The molecule has 0 aliphatic heterocycles. The number of anilines is 1. The lowest BCUT2D eigenvalue weighted by Gasteiger charge is -2.03. The maximum Gasteiger partial charge on any atom is 0.214 e. The van der Waals surface area contributed by atoms with Gasteiger partial charge >= 0.3 is 0 Å². The maximum absolute atomic E-state index is 9.23. The summed E-state index contributed by atoms with van der Waals surface area (Å²) >= 11 is 7.38. The molecule has 0 fully saturated rings. The Labute approximate surface area is 131 Å². The lowest BCUT2D eigenvalue weighted by Crippen LogP contribution is -2.09. The van der Waals surface area contributed by atoms with Crippen LogP contribution in [0.5, 0.6) is 0 Å². The molecule has 0 amide bonds. The Morgan fingerprint density at radius 1 is 1.38 bits per heavy atom. The number of halogens is 1. The van der Waals surface area contributed by atoms with Crippen LogP contribution in [0.25, 0.3) is 16.2 Å². The van der Waals surface area contributed by atoms with Crippen LogP contribution in [-0.2, 0) is 0 Å². The van der Waals surface area contributed by atoms with E-state index in [1.165, 1.54) is 11.3 Å². The van der Waals surface area contributed by atoms with Crippen molar-refractivity contribution >= 4 is 33.0 Å². The van der Waals surface area contributed by atoms with Gasteiger partial charge in [0.05, 0.1) is 18.0 Å². The standard InChI is InChI=1S/C14H15ClN4OS/c1-9(20)6-7-16-13-18-19-8-12(17-14(19)21-13)10-2-4-11(15)5-3-10/h2-5,8-9,20H,6-7H2,1H3,(H,16,18). The van der Waals surface area contributed by atoms with Gasteiger partial charge in [-0.1, -0.05) is 35.1 Å². The van der Waals surface area contributed by atoms with Crippen molar-refractivity contribution in [1.82, 2.24) is 14.6 Å². The molecule has 2 heterocycles. The second-order valence-electron chi connectivity index (χ2n) is 4.83. The molecule has 1 unspecified atom stereocenters. The van der Waals surface area contributed by atoms with E-state index in [1.54, 1.807) is 11.4 Å². The van der Waals surface area contributed by atoms with E-state index in [0.717, 1.165) is 21.3 Å². The summed E-state index contributed by atoms with van der Waals surface area (Å²) in [6.07, 6.45) is 2.28. The van der Waals surface area contributed by atoms with Crippen molar-refractivity contribution in [2.45, 2.75) is 19.4 Å². The second-order valence-corrected chi connectivity index (χ2v) is 6.22. The van der Waals surface area contributed by atoms with Crippen LogP contribution in [0, 0.1) is 0 Å². The number of rotatable bonds is 5. The van der Waals surface area contributed by atoms with Crippen molar-refractivity contribution in [2.75, 3.05) is 11.9 Å². The van der Waals surface area contributed by atoms with Crippen LogP contribution in [0.3, 0.4) is 0 Å². The molecule has 3 aromatic rings. The highest BCUT2D eigenvalue weighted by atomic mass is 35.5. The Morgan fingerprint density at radius 2 is 2.14 bits per heavy atom. The molecule has 1 aromatic carbocycles. The van der Waals surface area contributed by atoms with Crippen LogP contribution in [0.2, 0.25) is 5.02 Å². The summed E-state index contributed by atoms with van der Waals surface area (Å²) in [5, 5.41) is 18.4. The van der Waals surface area contributed by atoms with E-state index in [-0.39, 0.29) is 6.10 Å².